The fraction of sp³-hybridized carbons (Fsp3) is 0.312. The molecule has 0 heterocycles. The number of ketones is 2. The van der Waals surface area contributed by atoms with E-state index in [-0.39, 0.29) is 65.0 Å². The summed E-state index contributed by atoms with van der Waals surface area (Å²) in [5.41, 5.74) is -1.01. The number of aromatic hydroxyl groups is 3. The summed E-state index contributed by atoms with van der Waals surface area (Å²) in [6.45, 7) is 3.11. The first-order valence-corrected chi connectivity index (χ1v) is 13.2. The van der Waals surface area contributed by atoms with Gasteiger partial charge in [-0.05, 0) is 60.0 Å². The summed E-state index contributed by atoms with van der Waals surface area (Å²) in [5.74, 6) is -1.25. The van der Waals surface area contributed by atoms with Gasteiger partial charge >= 0.3 is 0 Å². The SMILES string of the molecule is COc1cc(O)c2cc3c(c(-c4c(OC)cc5cc6c(c(O)c5c4O)C(=O)C[C@@](C)(O)C6)c2c1)C[C@](C)(O)CC3=O. The van der Waals surface area contributed by atoms with Gasteiger partial charge in [0.1, 0.15) is 28.7 Å². The lowest BCUT2D eigenvalue weighted by molar-refractivity contribution is 0.0397. The Morgan fingerprint density at radius 2 is 1.37 bits per heavy atom. The van der Waals surface area contributed by atoms with Crippen LogP contribution in [0.3, 0.4) is 0 Å². The van der Waals surface area contributed by atoms with Gasteiger partial charge < -0.3 is 35.0 Å². The van der Waals surface area contributed by atoms with Crippen molar-refractivity contribution >= 4 is 33.1 Å². The Hall–Kier alpha value is -4.34. The third-order valence-corrected chi connectivity index (χ3v) is 8.23. The Kier molecular flexibility index (Phi) is 5.78. The highest BCUT2D eigenvalue weighted by atomic mass is 16.5. The molecule has 6 rings (SSSR count). The minimum atomic E-state index is -1.38. The molecule has 0 unspecified atom stereocenters. The van der Waals surface area contributed by atoms with Crippen LogP contribution in [0.25, 0.3) is 32.7 Å². The summed E-state index contributed by atoms with van der Waals surface area (Å²) in [7, 11) is 2.85. The number of aliphatic hydroxyl groups is 2. The van der Waals surface area contributed by atoms with Crippen molar-refractivity contribution in [2.45, 2.75) is 50.7 Å². The lowest BCUT2D eigenvalue weighted by Gasteiger charge is -2.32. The van der Waals surface area contributed by atoms with E-state index in [4.69, 9.17) is 9.47 Å². The van der Waals surface area contributed by atoms with Gasteiger partial charge in [0, 0.05) is 48.3 Å². The molecule has 0 aliphatic heterocycles. The number of fused-ring (bicyclic) bond motifs is 4. The van der Waals surface area contributed by atoms with Crippen LogP contribution < -0.4 is 9.47 Å². The van der Waals surface area contributed by atoms with E-state index in [1.54, 1.807) is 38.1 Å². The number of rotatable bonds is 3. The van der Waals surface area contributed by atoms with Crippen LogP contribution in [0.5, 0.6) is 28.7 Å². The minimum absolute atomic E-state index is 0.00112. The number of phenolic OH excluding ortho intramolecular Hbond substituents is 3. The van der Waals surface area contributed by atoms with Crippen LogP contribution in [0.1, 0.15) is 58.5 Å². The number of hydrogen-bond donors (Lipinski definition) is 5. The summed E-state index contributed by atoms with van der Waals surface area (Å²) < 4.78 is 11.1. The van der Waals surface area contributed by atoms with Crippen LogP contribution in [0.2, 0.25) is 0 Å². The van der Waals surface area contributed by atoms with Gasteiger partial charge in [0.2, 0.25) is 0 Å². The first-order valence-electron chi connectivity index (χ1n) is 13.2. The fourth-order valence-electron chi connectivity index (χ4n) is 6.54. The van der Waals surface area contributed by atoms with Crippen molar-refractivity contribution in [3.05, 3.63) is 52.6 Å². The molecule has 212 valence electrons. The molecule has 5 N–H and O–H groups in total. The Morgan fingerprint density at radius 1 is 0.707 bits per heavy atom. The van der Waals surface area contributed by atoms with Crippen LogP contribution in [0.4, 0.5) is 0 Å². The molecule has 9 nitrogen and oxygen atoms in total. The normalized spacial score (nSPS) is 22.1. The Labute approximate surface area is 235 Å². The van der Waals surface area contributed by atoms with Gasteiger partial charge in [0.15, 0.2) is 11.6 Å². The van der Waals surface area contributed by atoms with E-state index in [0.29, 0.717) is 38.6 Å². The second kappa shape index (κ2) is 8.83. The number of hydrogen-bond acceptors (Lipinski definition) is 9. The second-order valence-electron chi connectivity index (χ2n) is 11.7. The van der Waals surface area contributed by atoms with Crippen LogP contribution in [-0.2, 0) is 12.8 Å². The van der Waals surface area contributed by atoms with Gasteiger partial charge in [-0.25, -0.2) is 0 Å². The van der Waals surface area contributed by atoms with Crippen molar-refractivity contribution in [1.82, 2.24) is 0 Å². The maximum absolute atomic E-state index is 13.3. The first kappa shape index (κ1) is 26.9. The monoisotopic (exact) mass is 558 g/mol. The van der Waals surface area contributed by atoms with Gasteiger partial charge in [-0.1, -0.05) is 0 Å². The smallest absolute Gasteiger partial charge is 0.169 e. The average Bonchev–Trinajstić information content (AvgIpc) is 2.86. The molecule has 0 aromatic heterocycles. The zero-order chi connectivity index (χ0) is 29.6. The van der Waals surface area contributed by atoms with Gasteiger partial charge in [-0.2, -0.15) is 0 Å². The summed E-state index contributed by atoms with van der Waals surface area (Å²) in [5, 5.41) is 57.0. The number of benzene rings is 4. The molecule has 41 heavy (non-hydrogen) atoms. The lowest BCUT2D eigenvalue weighted by Crippen LogP contribution is -2.36. The highest BCUT2D eigenvalue weighted by molar-refractivity contribution is 6.16. The highest BCUT2D eigenvalue weighted by Gasteiger charge is 2.39. The number of Topliss-reactive ketones (excluding diaryl/α,β-unsaturated/α-hetero) is 2. The van der Waals surface area contributed by atoms with Gasteiger partial charge in [0.05, 0.1) is 41.9 Å². The number of ether oxygens (including phenoxy) is 2. The number of methoxy groups -OCH3 is 2. The fourth-order valence-corrected chi connectivity index (χ4v) is 6.54. The average molecular weight is 559 g/mol. The third kappa shape index (κ3) is 4.07. The molecule has 2 aliphatic carbocycles. The van der Waals surface area contributed by atoms with Crippen LogP contribution >= 0.6 is 0 Å². The standard InChI is InChI=1S/C32H30O9/c1-31(38)10-15-5-14-6-24(41-4)28(30(37)26(14)29(36)25(15)23(35)13-31)27-19-7-16(40-3)8-21(33)17(19)9-18-20(27)11-32(2,39)12-22(18)34/h5-9,33,36-39H,10-13H2,1-4H3/t31-,32-/m0/s1. The van der Waals surface area contributed by atoms with E-state index in [9.17, 15) is 35.1 Å². The predicted molar refractivity (Wildman–Crippen MR) is 152 cm³/mol. The van der Waals surface area contributed by atoms with Gasteiger partial charge in [0.25, 0.3) is 0 Å². The molecule has 0 fully saturated rings. The van der Waals surface area contributed by atoms with E-state index < -0.39 is 28.5 Å². The maximum atomic E-state index is 13.3. The van der Waals surface area contributed by atoms with Crippen molar-refractivity contribution in [1.29, 1.82) is 0 Å². The molecule has 0 saturated carbocycles. The van der Waals surface area contributed by atoms with Crippen molar-refractivity contribution in [3.63, 3.8) is 0 Å². The van der Waals surface area contributed by atoms with Crippen LogP contribution in [0.15, 0.2) is 30.3 Å². The summed E-state index contributed by atoms with van der Waals surface area (Å²) in [6.07, 6.45) is -0.116. The Morgan fingerprint density at radius 3 is 2.05 bits per heavy atom. The molecule has 4 aromatic carbocycles. The summed E-state index contributed by atoms with van der Waals surface area (Å²) in [4.78, 5) is 26.3. The predicted octanol–water partition coefficient (Wildman–Crippen LogP) is 4.55. The zero-order valence-electron chi connectivity index (χ0n) is 23.1. The van der Waals surface area contributed by atoms with Gasteiger partial charge in [-0.3, -0.25) is 9.59 Å². The molecule has 0 saturated heterocycles. The minimum Gasteiger partial charge on any atom is -0.507 e. The first-order chi connectivity index (χ1) is 19.2. The summed E-state index contributed by atoms with van der Waals surface area (Å²) >= 11 is 0. The molecule has 0 bridgehead atoms. The largest absolute Gasteiger partial charge is 0.507 e. The second-order valence-corrected chi connectivity index (χ2v) is 11.7. The molecule has 0 spiro atoms. The molecule has 9 heteroatoms. The Balaban J connectivity index is 1.78. The summed E-state index contributed by atoms with van der Waals surface area (Å²) in [6, 6.07) is 7.89. The maximum Gasteiger partial charge on any atom is 0.169 e. The van der Waals surface area contributed by atoms with Crippen molar-refractivity contribution < 1.29 is 44.6 Å². The van der Waals surface area contributed by atoms with E-state index in [1.165, 1.54) is 20.3 Å². The third-order valence-electron chi connectivity index (χ3n) is 8.23. The van der Waals surface area contributed by atoms with Gasteiger partial charge in [-0.15, -0.1) is 0 Å². The zero-order valence-corrected chi connectivity index (χ0v) is 23.1. The van der Waals surface area contributed by atoms with E-state index in [2.05, 4.69) is 0 Å². The van der Waals surface area contributed by atoms with Crippen molar-refractivity contribution in [2.24, 2.45) is 0 Å². The van der Waals surface area contributed by atoms with E-state index >= 15 is 0 Å². The van der Waals surface area contributed by atoms with Crippen LogP contribution in [0, 0.1) is 0 Å². The van der Waals surface area contributed by atoms with E-state index in [1.807, 2.05) is 0 Å². The Bertz CT molecular complexity index is 1830. The molecule has 2 atom stereocenters. The molecule has 0 radical (unpaired) electrons. The van der Waals surface area contributed by atoms with E-state index in [0.717, 1.165) is 0 Å². The molecule has 0 amide bonds. The molecular formula is C32H30O9. The quantitative estimate of drug-likeness (QED) is 0.244. The number of carbonyl (C=O) groups excluding carboxylic acids is 2. The van der Waals surface area contributed by atoms with Crippen LogP contribution in [-0.4, -0.2) is 62.5 Å². The number of carbonyl (C=O) groups is 2. The number of phenols is 3. The lowest BCUT2D eigenvalue weighted by atomic mass is 9.75. The van der Waals surface area contributed by atoms with Crippen molar-refractivity contribution in [2.75, 3.05) is 14.2 Å². The molecular weight excluding hydrogens is 528 g/mol. The molecule has 2 aliphatic rings. The van der Waals surface area contributed by atoms with Crippen molar-refractivity contribution in [3.8, 4) is 39.9 Å². The highest BCUT2D eigenvalue weighted by Crippen LogP contribution is 2.53. The molecule has 4 aromatic rings. The topological polar surface area (TPSA) is 154 Å².